The van der Waals surface area contributed by atoms with Crippen molar-refractivity contribution in [3.8, 4) is 28.7 Å². The van der Waals surface area contributed by atoms with Crippen molar-refractivity contribution in [3.05, 3.63) is 113 Å². The fraction of sp³-hybridized carbons (Fsp3) is 0.265. The van der Waals surface area contributed by atoms with E-state index in [0.717, 1.165) is 61.4 Å². The van der Waals surface area contributed by atoms with Gasteiger partial charge in [0.2, 0.25) is 0 Å². The van der Waals surface area contributed by atoms with E-state index in [4.69, 9.17) is 18.9 Å². The summed E-state index contributed by atoms with van der Waals surface area (Å²) in [6.07, 6.45) is 4.80. The van der Waals surface area contributed by atoms with Crippen LogP contribution in [0.4, 0.5) is 0 Å². The van der Waals surface area contributed by atoms with Gasteiger partial charge in [-0.3, -0.25) is 19.2 Å². The molecule has 43 heavy (non-hydrogen) atoms. The molecule has 9 heteroatoms. The number of rotatable bonds is 11. The minimum absolute atomic E-state index is 0.138. The molecule has 3 aromatic carbocycles. The summed E-state index contributed by atoms with van der Waals surface area (Å²) >= 11 is 0. The van der Waals surface area contributed by atoms with Crippen molar-refractivity contribution in [2.24, 2.45) is 0 Å². The molecular weight excluding hydrogens is 544 g/mol. The van der Waals surface area contributed by atoms with Crippen LogP contribution in [0.1, 0.15) is 17.7 Å². The van der Waals surface area contributed by atoms with Gasteiger partial charge in [0.25, 0.3) is 5.56 Å². The number of nitrogens with zero attached hydrogens (tertiary/aromatic N) is 4. The molecule has 5 aromatic rings. The molecule has 220 valence electrons. The maximum absolute atomic E-state index is 12.9. The third-order valence-electron chi connectivity index (χ3n) is 7.40. The van der Waals surface area contributed by atoms with Gasteiger partial charge in [0.1, 0.15) is 17.8 Å². The minimum atomic E-state index is -0.138. The Balaban J connectivity index is 1.13. The van der Waals surface area contributed by atoms with Crippen LogP contribution in [0.25, 0.3) is 16.6 Å². The topological polar surface area (TPSA) is 87.9 Å². The van der Waals surface area contributed by atoms with E-state index in [2.05, 4.69) is 14.9 Å². The molecule has 0 saturated carbocycles. The van der Waals surface area contributed by atoms with Crippen LogP contribution in [0.2, 0.25) is 0 Å². The van der Waals surface area contributed by atoms with Gasteiger partial charge in [-0.15, -0.1) is 0 Å². The number of aromatic nitrogens is 3. The fourth-order valence-corrected chi connectivity index (χ4v) is 5.12. The van der Waals surface area contributed by atoms with Crippen LogP contribution in [-0.2, 0) is 11.2 Å². The van der Waals surface area contributed by atoms with Gasteiger partial charge in [0.15, 0.2) is 11.5 Å². The summed E-state index contributed by atoms with van der Waals surface area (Å²) in [7, 11) is 1.63. The van der Waals surface area contributed by atoms with Crippen molar-refractivity contribution >= 4 is 10.9 Å². The van der Waals surface area contributed by atoms with Gasteiger partial charge >= 0.3 is 0 Å². The molecule has 1 aliphatic heterocycles. The first-order chi connectivity index (χ1) is 21.2. The lowest BCUT2D eigenvalue weighted by Crippen LogP contribution is -2.37. The highest BCUT2D eigenvalue weighted by atomic mass is 16.5. The van der Waals surface area contributed by atoms with Crippen LogP contribution < -0.4 is 19.8 Å². The summed E-state index contributed by atoms with van der Waals surface area (Å²) in [4.78, 5) is 24.3. The normalized spacial score (nSPS) is 13.6. The predicted octanol–water partition coefficient (Wildman–Crippen LogP) is 5.27. The highest BCUT2D eigenvalue weighted by molar-refractivity contribution is 5.88. The molecule has 9 nitrogen and oxygen atoms in total. The van der Waals surface area contributed by atoms with E-state index >= 15 is 0 Å². The van der Waals surface area contributed by atoms with Crippen LogP contribution in [0.3, 0.4) is 0 Å². The molecule has 0 radical (unpaired) electrons. The number of benzene rings is 3. The molecule has 0 N–H and O–H groups in total. The Morgan fingerprint density at radius 2 is 1.70 bits per heavy atom. The lowest BCUT2D eigenvalue weighted by Gasteiger charge is -2.26. The number of fused-ring (bicyclic) bond motifs is 1. The monoisotopic (exact) mass is 578 g/mol. The lowest BCUT2D eigenvalue weighted by atomic mass is 10.1. The average molecular weight is 579 g/mol. The molecule has 0 aliphatic carbocycles. The Bertz CT molecular complexity index is 1720. The second kappa shape index (κ2) is 13.5. The van der Waals surface area contributed by atoms with Crippen LogP contribution in [-0.4, -0.2) is 66.0 Å². The minimum Gasteiger partial charge on any atom is -0.493 e. The molecule has 0 atom stereocenters. The SMILES string of the molecule is COc1cc2c(Oc3ccc(-n4cnc(Cc5ccccc5)cc4=O)cc3)ccnc2cc1OCCCN1CCOCC1. The Hall–Kier alpha value is -4.73. The quantitative estimate of drug-likeness (QED) is 0.196. The Kier molecular flexibility index (Phi) is 8.91. The van der Waals surface area contributed by atoms with Gasteiger partial charge in [0, 0.05) is 49.8 Å². The molecule has 3 heterocycles. The van der Waals surface area contributed by atoms with E-state index in [9.17, 15) is 4.79 Å². The zero-order chi connectivity index (χ0) is 29.4. The van der Waals surface area contributed by atoms with Crippen molar-refractivity contribution in [1.29, 1.82) is 0 Å². The van der Waals surface area contributed by atoms with Crippen molar-refractivity contribution in [3.63, 3.8) is 0 Å². The summed E-state index contributed by atoms with van der Waals surface area (Å²) < 4.78 is 24.9. The zero-order valence-corrected chi connectivity index (χ0v) is 24.1. The third kappa shape index (κ3) is 7.02. The number of pyridine rings is 1. The van der Waals surface area contributed by atoms with Gasteiger partial charge in [-0.05, 0) is 48.4 Å². The van der Waals surface area contributed by atoms with Crippen LogP contribution in [0.15, 0.2) is 96.2 Å². The molecular formula is C34H34N4O5. The van der Waals surface area contributed by atoms with Crippen molar-refractivity contribution in [2.45, 2.75) is 12.8 Å². The first-order valence-electron chi connectivity index (χ1n) is 14.5. The average Bonchev–Trinajstić information content (AvgIpc) is 3.04. The van der Waals surface area contributed by atoms with Crippen molar-refractivity contribution in [2.75, 3.05) is 46.6 Å². The van der Waals surface area contributed by atoms with E-state index in [-0.39, 0.29) is 5.56 Å². The van der Waals surface area contributed by atoms with Gasteiger partial charge in [0.05, 0.1) is 43.8 Å². The Morgan fingerprint density at radius 3 is 2.47 bits per heavy atom. The van der Waals surface area contributed by atoms with Crippen LogP contribution in [0.5, 0.6) is 23.0 Å². The molecule has 1 saturated heterocycles. The van der Waals surface area contributed by atoms with Crippen LogP contribution in [0, 0.1) is 0 Å². The molecule has 0 amide bonds. The fourth-order valence-electron chi connectivity index (χ4n) is 5.12. The standard InChI is InChI=1S/C34H34N4O5/c1-40-32-22-29-30(23-33(32)42-17-5-14-37-15-18-41-19-16-37)35-13-12-31(29)43-28-10-8-27(9-11-28)38-24-36-26(21-34(38)39)20-25-6-3-2-4-7-25/h2-4,6-13,21-24H,5,14-20H2,1H3. The largest absolute Gasteiger partial charge is 0.493 e. The predicted molar refractivity (Wildman–Crippen MR) is 165 cm³/mol. The number of methoxy groups -OCH3 is 1. The molecule has 2 aromatic heterocycles. The number of hydrogen-bond acceptors (Lipinski definition) is 8. The van der Waals surface area contributed by atoms with E-state index in [1.54, 1.807) is 25.7 Å². The van der Waals surface area contributed by atoms with E-state index in [1.165, 1.54) is 4.57 Å². The molecule has 0 spiro atoms. The Labute approximate surface area is 250 Å². The number of ether oxygens (including phenoxy) is 4. The zero-order valence-electron chi connectivity index (χ0n) is 24.1. The molecule has 1 fully saturated rings. The van der Waals surface area contributed by atoms with E-state index in [1.807, 2.05) is 72.8 Å². The highest BCUT2D eigenvalue weighted by Gasteiger charge is 2.14. The summed E-state index contributed by atoms with van der Waals surface area (Å²) in [6.45, 7) is 5.06. The van der Waals surface area contributed by atoms with Gasteiger partial charge in [-0.1, -0.05) is 30.3 Å². The Morgan fingerprint density at radius 1 is 0.884 bits per heavy atom. The summed E-state index contributed by atoms with van der Waals surface area (Å²) in [5.41, 5.74) is 3.15. The summed E-state index contributed by atoms with van der Waals surface area (Å²) in [5.74, 6) is 2.54. The highest BCUT2D eigenvalue weighted by Crippen LogP contribution is 2.37. The van der Waals surface area contributed by atoms with E-state index < -0.39 is 0 Å². The van der Waals surface area contributed by atoms with Crippen molar-refractivity contribution in [1.82, 2.24) is 19.4 Å². The van der Waals surface area contributed by atoms with Crippen LogP contribution >= 0.6 is 0 Å². The first-order valence-corrected chi connectivity index (χ1v) is 14.5. The van der Waals surface area contributed by atoms with Gasteiger partial charge in [-0.25, -0.2) is 4.98 Å². The maximum atomic E-state index is 12.9. The van der Waals surface area contributed by atoms with Gasteiger partial charge < -0.3 is 18.9 Å². The maximum Gasteiger partial charge on any atom is 0.258 e. The number of morpholine rings is 1. The third-order valence-corrected chi connectivity index (χ3v) is 7.40. The first kappa shape index (κ1) is 28.4. The van der Waals surface area contributed by atoms with Crippen molar-refractivity contribution < 1.29 is 18.9 Å². The molecule has 0 bridgehead atoms. The summed E-state index contributed by atoms with van der Waals surface area (Å²) in [6, 6.07) is 24.5. The van der Waals surface area contributed by atoms with Gasteiger partial charge in [-0.2, -0.15) is 0 Å². The molecule has 1 aliphatic rings. The lowest BCUT2D eigenvalue weighted by molar-refractivity contribution is 0.0357. The molecule has 6 rings (SSSR count). The molecule has 0 unspecified atom stereocenters. The second-order valence-corrected chi connectivity index (χ2v) is 10.3. The van der Waals surface area contributed by atoms with E-state index in [0.29, 0.717) is 41.7 Å². The smallest absolute Gasteiger partial charge is 0.258 e. The second-order valence-electron chi connectivity index (χ2n) is 10.3. The number of hydrogen-bond donors (Lipinski definition) is 0. The summed E-state index contributed by atoms with van der Waals surface area (Å²) in [5, 5.41) is 0.804.